The number of halogens is 1. The molecule has 0 aromatic heterocycles. The average Bonchev–Trinajstić information content (AvgIpc) is 2.98. The Labute approximate surface area is 124 Å². The fourth-order valence-electron chi connectivity index (χ4n) is 2.58. The standard InChI is InChI=1S/C15H21ClN2O2/c1-20-14-5-4-11(8-13(14)16)12(10-17)9-15(19)18-6-2-3-7-18/h4-5,8,12H,2-3,6-7,9-10,17H2,1H3. The number of amides is 1. The van der Waals surface area contributed by atoms with Gasteiger partial charge in [-0.15, -0.1) is 0 Å². The molecular weight excluding hydrogens is 276 g/mol. The first-order valence-corrected chi connectivity index (χ1v) is 7.34. The molecule has 110 valence electrons. The number of nitrogens with zero attached hydrogens (tertiary/aromatic N) is 1. The van der Waals surface area contributed by atoms with E-state index < -0.39 is 0 Å². The van der Waals surface area contributed by atoms with Crippen LogP contribution in [0.5, 0.6) is 5.75 Å². The Hall–Kier alpha value is -1.26. The van der Waals surface area contributed by atoms with Crippen molar-refractivity contribution in [3.05, 3.63) is 28.8 Å². The fourth-order valence-corrected chi connectivity index (χ4v) is 2.85. The normalized spacial score (nSPS) is 16.2. The van der Waals surface area contributed by atoms with Gasteiger partial charge in [-0.2, -0.15) is 0 Å². The highest BCUT2D eigenvalue weighted by Gasteiger charge is 2.22. The predicted octanol–water partition coefficient (Wildman–Crippen LogP) is 2.40. The van der Waals surface area contributed by atoms with Crippen LogP contribution >= 0.6 is 11.6 Å². The second-order valence-corrected chi connectivity index (χ2v) is 5.53. The summed E-state index contributed by atoms with van der Waals surface area (Å²) in [6.45, 7) is 2.18. The number of methoxy groups -OCH3 is 1. The Morgan fingerprint density at radius 1 is 1.45 bits per heavy atom. The van der Waals surface area contributed by atoms with Gasteiger partial charge in [-0.3, -0.25) is 4.79 Å². The summed E-state index contributed by atoms with van der Waals surface area (Å²) in [5, 5.41) is 0.553. The van der Waals surface area contributed by atoms with Gasteiger partial charge in [0.15, 0.2) is 0 Å². The Morgan fingerprint density at radius 3 is 2.70 bits per heavy atom. The SMILES string of the molecule is COc1ccc(C(CN)CC(=O)N2CCCC2)cc1Cl. The summed E-state index contributed by atoms with van der Waals surface area (Å²) in [5.41, 5.74) is 6.82. The molecule has 1 atom stereocenters. The van der Waals surface area contributed by atoms with Gasteiger partial charge in [-0.05, 0) is 37.1 Å². The second-order valence-electron chi connectivity index (χ2n) is 5.12. The molecule has 1 aromatic carbocycles. The molecule has 1 fully saturated rings. The molecule has 0 spiro atoms. The molecule has 0 bridgehead atoms. The molecule has 1 amide bonds. The molecule has 1 heterocycles. The van der Waals surface area contributed by atoms with Gasteiger partial charge in [0.1, 0.15) is 5.75 Å². The van der Waals surface area contributed by atoms with Crippen LogP contribution in [0.1, 0.15) is 30.7 Å². The molecule has 1 aliphatic heterocycles. The van der Waals surface area contributed by atoms with Gasteiger partial charge in [0.2, 0.25) is 5.91 Å². The van der Waals surface area contributed by atoms with E-state index in [0.717, 1.165) is 31.5 Å². The van der Waals surface area contributed by atoms with E-state index in [1.807, 2.05) is 23.1 Å². The number of benzene rings is 1. The molecule has 0 saturated carbocycles. The van der Waals surface area contributed by atoms with Crippen LogP contribution in [0, 0.1) is 0 Å². The highest BCUT2D eigenvalue weighted by Crippen LogP contribution is 2.29. The van der Waals surface area contributed by atoms with Gasteiger partial charge in [0, 0.05) is 25.4 Å². The lowest BCUT2D eigenvalue weighted by Crippen LogP contribution is -2.30. The lowest BCUT2D eigenvalue weighted by atomic mass is 9.95. The van der Waals surface area contributed by atoms with Crippen molar-refractivity contribution in [2.24, 2.45) is 5.73 Å². The molecular formula is C15H21ClN2O2. The first-order valence-electron chi connectivity index (χ1n) is 6.97. The fraction of sp³-hybridized carbons (Fsp3) is 0.533. The summed E-state index contributed by atoms with van der Waals surface area (Å²) < 4.78 is 5.14. The highest BCUT2D eigenvalue weighted by atomic mass is 35.5. The van der Waals surface area contributed by atoms with E-state index in [1.165, 1.54) is 0 Å². The third-order valence-electron chi connectivity index (χ3n) is 3.81. The maximum absolute atomic E-state index is 12.2. The number of nitrogens with two attached hydrogens (primary N) is 1. The molecule has 5 heteroatoms. The zero-order chi connectivity index (χ0) is 14.5. The Balaban J connectivity index is 2.07. The van der Waals surface area contributed by atoms with Gasteiger partial charge in [0.25, 0.3) is 0 Å². The van der Waals surface area contributed by atoms with E-state index in [4.69, 9.17) is 22.1 Å². The number of hydrogen-bond donors (Lipinski definition) is 1. The van der Waals surface area contributed by atoms with Gasteiger partial charge in [-0.25, -0.2) is 0 Å². The molecule has 2 rings (SSSR count). The van der Waals surface area contributed by atoms with Crippen LogP contribution in [-0.2, 0) is 4.79 Å². The van der Waals surface area contributed by atoms with Crippen molar-refractivity contribution >= 4 is 17.5 Å². The molecule has 1 aromatic rings. The molecule has 1 saturated heterocycles. The smallest absolute Gasteiger partial charge is 0.223 e. The molecule has 20 heavy (non-hydrogen) atoms. The molecule has 1 aliphatic rings. The van der Waals surface area contributed by atoms with Crippen LogP contribution in [-0.4, -0.2) is 37.6 Å². The lowest BCUT2D eigenvalue weighted by molar-refractivity contribution is -0.130. The minimum atomic E-state index is 0.00602. The Bertz CT molecular complexity index is 473. The van der Waals surface area contributed by atoms with E-state index >= 15 is 0 Å². The van der Waals surface area contributed by atoms with E-state index in [1.54, 1.807) is 7.11 Å². The largest absolute Gasteiger partial charge is 0.495 e. The third kappa shape index (κ3) is 3.44. The first kappa shape index (κ1) is 15.1. The van der Waals surface area contributed by atoms with Gasteiger partial charge in [-0.1, -0.05) is 17.7 Å². The highest BCUT2D eigenvalue weighted by molar-refractivity contribution is 6.32. The van der Waals surface area contributed by atoms with E-state index in [9.17, 15) is 4.79 Å². The summed E-state index contributed by atoms with van der Waals surface area (Å²) in [6.07, 6.45) is 2.65. The molecule has 0 aliphatic carbocycles. The van der Waals surface area contributed by atoms with Crippen LogP contribution in [0.4, 0.5) is 0 Å². The summed E-state index contributed by atoms with van der Waals surface area (Å²) in [7, 11) is 1.58. The van der Waals surface area contributed by atoms with E-state index in [-0.39, 0.29) is 11.8 Å². The summed E-state index contributed by atoms with van der Waals surface area (Å²) in [5.74, 6) is 0.827. The lowest BCUT2D eigenvalue weighted by Gasteiger charge is -2.20. The van der Waals surface area contributed by atoms with Crippen molar-refractivity contribution in [1.82, 2.24) is 4.90 Å². The number of rotatable bonds is 5. The van der Waals surface area contributed by atoms with Crippen molar-refractivity contribution in [2.45, 2.75) is 25.2 Å². The summed E-state index contributed by atoms with van der Waals surface area (Å²) >= 11 is 6.13. The van der Waals surface area contributed by atoms with Gasteiger partial charge >= 0.3 is 0 Å². The third-order valence-corrected chi connectivity index (χ3v) is 4.11. The first-order chi connectivity index (χ1) is 9.65. The van der Waals surface area contributed by atoms with Gasteiger partial charge < -0.3 is 15.4 Å². The Kier molecular flexibility index (Phi) is 5.26. The monoisotopic (exact) mass is 296 g/mol. The van der Waals surface area contributed by atoms with Crippen LogP contribution < -0.4 is 10.5 Å². The molecule has 0 radical (unpaired) electrons. The number of carbonyl (C=O) groups excluding carboxylic acids is 1. The quantitative estimate of drug-likeness (QED) is 0.908. The van der Waals surface area contributed by atoms with E-state index in [2.05, 4.69) is 0 Å². The number of ether oxygens (including phenoxy) is 1. The van der Waals surface area contributed by atoms with Crippen LogP contribution in [0.25, 0.3) is 0 Å². The number of likely N-dealkylation sites (tertiary alicyclic amines) is 1. The second kappa shape index (κ2) is 6.95. The average molecular weight is 297 g/mol. The van der Waals surface area contributed by atoms with Crippen molar-refractivity contribution in [2.75, 3.05) is 26.7 Å². The maximum atomic E-state index is 12.2. The zero-order valence-electron chi connectivity index (χ0n) is 11.8. The van der Waals surface area contributed by atoms with Gasteiger partial charge in [0.05, 0.1) is 12.1 Å². The zero-order valence-corrected chi connectivity index (χ0v) is 12.5. The van der Waals surface area contributed by atoms with Crippen molar-refractivity contribution in [3.8, 4) is 5.75 Å². The minimum absolute atomic E-state index is 0.00602. The number of hydrogen-bond acceptors (Lipinski definition) is 3. The van der Waals surface area contributed by atoms with Crippen LogP contribution in [0.15, 0.2) is 18.2 Å². The molecule has 1 unspecified atom stereocenters. The van der Waals surface area contributed by atoms with Crippen molar-refractivity contribution < 1.29 is 9.53 Å². The maximum Gasteiger partial charge on any atom is 0.223 e. The van der Waals surface area contributed by atoms with Crippen molar-refractivity contribution in [1.29, 1.82) is 0 Å². The molecule has 4 nitrogen and oxygen atoms in total. The summed E-state index contributed by atoms with van der Waals surface area (Å²) in [4.78, 5) is 14.1. The van der Waals surface area contributed by atoms with Crippen molar-refractivity contribution in [3.63, 3.8) is 0 Å². The Morgan fingerprint density at radius 2 is 2.15 bits per heavy atom. The van der Waals surface area contributed by atoms with E-state index in [0.29, 0.717) is 23.7 Å². The topological polar surface area (TPSA) is 55.6 Å². The van der Waals surface area contributed by atoms with Crippen LogP contribution in [0.3, 0.4) is 0 Å². The summed E-state index contributed by atoms with van der Waals surface area (Å²) in [6, 6.07) is 5.59. The predicted molar refractivity (Wildman–Crippen MR) is 80.2 cm³/mol. The number of carbonyl (C=O) groups is 1. The minimum Gasteiger partial charge on any atom is -0.495 e. The molecule has 2 N–H and O–H groups in total. The van der Waals surface area contributed by atoms with Crippen LogP contribution in [0.2, 0.25) is 5.02 Å².